The third-order valence-electron chi connectivity index (χ3n) is 6.58. The first-order chi connectivity index (χ1) is 17.8. The summed E-state index contributed by atoms with van der Waals surface area (Å²) in [7, 11) is 0.154. The van der Waals surface area contributed by atoms with E-state index in [2.05, 4.69) is 30.2 Å². The van der Waals surface area contributed by atoms with Crippen molar-refractivity contribution in [2.24, 2.45) is 0 Å². The van der Waals surface area contributed by atoms with Crippen LogP contribution in [0.2, 0.25) is 0 Å². The molecule has 37 heavy (non-hydrogen) atoms. The minimum absolute atomic E-state index is 0.0924. The van der Waals surface area contributed by atoms with Crippen molar-refractivity contribution in [3.05, 3.63) is 18.0 Å². The number of nitrogens with zero attached hydrogens (tertiary/aromatic N) is 5. The van der Waals surface area contributed by atoms with Gasteiger partial charge in [-0.1, -0.05) is 0 Å². The predicted molar refractivity (Wildman–Crippen MR) is 139 cm³/mol. The average molecular weight is 532 g/mol. The number of nitrogens with one attached hydrogen (secondary N) is 2. The normalized spacial score (nSPS) is 20.3. The monoisotopic (exact) mass is 531 g/mol. The highest BCUT2D eigenvalue weighted by atomic mass is 32.2. The molecule has 0 saturated carbocycles. The van der Waals surface area contributed by atoms with Gasteiger partial charge in [0.2, 0.25) is 5.95 Å². The summed E-state index contributed by atoms with van der Waals surface area (Å²) in [5, 5.41) is 6.11. The summed E-state index contributed by atoms with van der Waals surface area (Å²) < 4.78 is 29.1. The van der Waals surface area contributed by atoms with Crippen LogP contribution in [0.4, 0.5) is 22.4 Å². The van der Waals surface area contributed by atoms with Gasteiger partial charge in [-0.25, -0.2) is 14.8 Å². The number of aromatic nitrogens is 3. The second-order valence-electron chi connectivity index (χ2n) is 9.83. The number of aryl methyl sites for hydroxylation is 1. The van der Waals surface area contributed by atoms with Crippen molar-refractivity contribution in [1.29, 1.82) is 0 Å². The van der Waals surface area contributed by atoms with Crippen LogP contribution in [0.5, 0.6) is 11.5 Å². The number of pyridine rings is 1. The van der Waals surface area contributed by atoms with Crippen molar-refractivity contribution in [2.45, 2.75) is 43.7 Å². The number of alkyl carbamates (subject to hydrolysis) is 1. The summed E-state index contributed by atoms with van der Waals surface area (Å²) >= 11 is 0. The molecule has 3 aliphatic rings. The van der Waals surface area contributed by atoms with Gasteiger partial charge in [0.1, 0.15) is 23.1 Å². The third-order valence-corrected chi connectivity index (χ3v) is 8.04. The van der Waals surface area contributed by atoms with E-state index in [1.165, 1.54) is 7.11 Å². The number of hydrogen-bond donors (Lipinski definition) is 2. The molecule has 0 spiro atoms. The maximum Gasteiger partial charge on any atom is 0.406 e. The molecule has 1 fully saturated rings. The van der Waals surface area contributed by atoms with Crippen LogP contribution in [0.3, 0.4) is 0 Å². The van der Waals surface area contributed by atoms with Crippen molar-refractivity contribution < 1.29 is 23.2 Å². The van der Waals surface area contributed by atoms with Crippen molar-refractivity contribution in [2.75, 3.05) is 67.4 Å². The highest BCUT2D eigenvalue weighted by Crippen LogP contribution is 2.37. The van der Waals surface area contributed by atoms with E-state index >= 15 is 0 Å². The van der Waals surface area contributed by atoms with Crippen molar-refractivity contribution >= 4 is 34.5 Å². The highest BCUT2D eigenvalue weighted by Gasteiger charge is 2.36. The van der Waals surface area contributed by atoms with Crippen LogP contribution in [0.25, 0.3) is 0 Å². The fraction of sp³-hybridized carbons (Fsp3) is 0.583. The van der Waals surface area contributed by atoms with Gasteiger partial charge in [-0.3, -0.25) is 4.21 Å². The van der Waals surface area contributed by atoms with E-state index in [1.54, 1.807) is 6.20 Å². The summed E-state index contributed by atoms with van der Waals surface area (Å²) in [6.07, 6.45) is 1.86. The smallest absolute Gasteiger partial charge is 0.406 e. The van der Waals surface area contributed by atoms with Gasteiger partial charge in [0, 0.05) is 44.4 Å². The lowest BCUT2D eigenvalue weighted by atomic mass is 10.1. The van der Waals surface area contributed by atoms with Crippen LogP contribution < -0.4 is 29.9 Å². The van der Waals surface area contributed by atoms with E-state index in [1.807, 2.05) is 26.8 Å². The van der Waals surface area contributed by atoms with Gasteiger partial charge in [0.05, 0.1) is 48.0 Å². The fourth-order valence-electron chi connectivity index (χ4n) is 4.77. The number of carbonyl (C=O) groups is 1. The number of piperazine rings is 1. The molecule has 1 saturated heterocycles. The van der Waals surface area contributed by atoms with Crippen LogP contribution in [-0.4, -0.2) is 89.1 Å². The van der Waals surface area contributed by atoms with Crippen LogP contribution in [0, 0.1) is 0 Å². The molecule has 0 bridgehead atoms. The Morgan fingerprint density at radius 3 is 2.95 bits per heavy atom. The lowest BCUT2D eigenvalue weighted by Crippen LogP contribution is -2.58. The fourth-order valence-corrected chi connectivity index (χ4v) is 6.08. The van der Waals surface area contributed by atoms with Crippen molar-refractivity contribution in [3.63, 3.8) is 0 Å². The molecule has 2 atom stereocenters. The molecule has 2 N–H and O–H groups in total. The second kappa shape index (κ2) is 10.2. The number of fused-ring (bicyclic) bond motifs is 4. The van der Waals surface area contributed by atoms with E-state index < -0.39 is 22.4 Å². The summed E-state index contributed by atoms with van der Waals surface area (Å²) in [4.78, 5) is 30.9. The first-order valence-electron chi connectivity index (χ1n) is 12.4. The largest absolute Gasteiger partial charge is 0.492 e. The molecule has 0 aromatic carbocycles. The molecular formula is C24H33N7O5S. The van der Waals surface area contributed by atoms with Crippen LogP contribution >= 0.6 is 0 Å². The van der Waals surface area contributed by atoms with Crippen LogP contribution in [-0.2, 0) is 22.0 Å². The molecule has 2 aromatic rings. The van der Waals surface area contributed by atoms with Gasteiger partial charge in [-0.2, -0.15) is 4.98 Å². The van der Waals surface area contributed by atoms with Crippen LogP contribution in [0.1, 0.15) is 26.5 Å². The third kappa shape index (κ3) is 5.22. The zero-order valence-corrected chi connectivity index (χ0v) is 22.4. The molecule has 1 amide bonds. The maximum absolute atomic E-state index is 12.8. The Hall–Kier alpha value is -3.35. The van der Waals surface area contributed by atoms with Crippen molar-refractivity contribution in [3.8, 4) is 11.5 Å². The topological polar surface area (TPSA) is 131 Å². The summed E-state index contributed by atoms with van der Waals surface area (Å²) in [5.41, 5.74) is 0.242. The molecule has 12 nitrogen and oxygen atoms in total. The molecule has 3 aliphatic heterocycles. The molecule has 0 radical (unpaired) electrons. The van der Waals surface area contributed by atoms with Gasteiger partial charge in [0.15, 0.2) is 11.6 Å². The lowest BCUT2D eigenvalue weighted by Gasteiger charge is -2.44. The van der Waals surface area contributed by atoms with E-state index in [0.717, 1.165) is 23.8 Å². The maximum atomic E-state index is 12.8. The zero-order chi connectivity index (χ0) is 26.2. The van der Waals surface area contributed by atoms with Gasteiger partial charge in [0.25, 0.3) is 0 Å². The average Bonchev–Trinajstić information content (AvgIpc) is 3.27. The predicted octanol–water partition coefficient (Wildman–Crippen LogP) is 1.57. The summed E-state index contributed by atoms with van der Waals surface area (Å²) in [6, 6.07) is 1.99. The van der Waals surface area contributed by atoms with Gasteiger partial charge >= 0.3 is 6.09 Å². The number of ether oxygens (including phenoxy) is 3. The molecule has 5 rings (SSSR count). The molecule has 0 unspecified atom stereocenters. The van der Waals surface area contributed by atoms with Gasteiger partial charge < -0.3 is 34.6 Å². The second-order valence-corrected chi connectivity index (χ2v) is 11.3. The number of anilines is 3. The number of amides is 1. The Morgan fingerprint density at radius 1 is 1.32 bits per heavy atom. The minimum Gasteiger partial charge on any atom is -0.492 e. The number of rotatable bonds is 7. The Bertz CT molecular complexity index is 1210. The number of methoxy groups -OCH3 is 1. The minimum atomic E-state index is -1.17. The standard InChI is InChI=1S/C24H33N7O5S/c1-5-35-16-10-18-21(25-11-16)31-8-7-30(12-15(31)13-36-18)22-27-17-6-9-37(33)19(17)20(28-22)29-24(2,3)14-26-23(32)34-4/h10-11,15H,5-9,12-14H2,1-4H3,(H,26,32)(H,27,28,29)/t15-,37-/m1/s1. The number of hydrogen-bond acceptors (Lipinski definition) is 11. The van der Waals surface area contributed by atoms with E-state index in [4.69, 9.17) is 19.4 Å². The first kappa shape index (κ1) is 25.3. The molecule has 13 heteroatoms. The molecule has 0 aliphatic carbocycles. The van der Waals surface area contributed by atoms with Gasteiger partial charge in [-0.15, -0.1) is 0 Å². The van der Waals surface area contributed by atoms with Crippen molar-refractivity contribution in [1.82, 2.24) is 20.3 Å². The zero-order valence-electron chi connectivity index (χ0n) is 21.6. The molecule has 2 aromatic heterocycles. The van der Waals surface area contributed by atoms with E-state index in [-0.39, 0.29) is 6.04 Å². The summed E-state index contributed by atoms with van der Waals surface area (Å²) in [5.74, 6) is 3.94. The SMILES string of the molecule is CCOc1cnc2c(c1)OC[C@H]1CN(c3nc4c(c(NC(C)(C)CNC(=O)OC)n3)[S@](=O)CC4)CCN21. The quantitative estimate of drug-likeness (QED) is 0.540. The Balaban J connectivity index is 1.36. The Morgan fingerprint density at radius 2 is 2.16 bits per heavy atom. The van der Waals surface area contributed by atoms with Gasteiger partial charge in [-0.05, 0) is 20.8 Å². The Labute approximate surface area is 218 Å². The molecular weight excluding hydrogens is 498 g/mol. The first-order valence-corrected chi connectivity index (χ1v) is 13.8. The number of carbonyl (C=O) groups excluding carboxylic acids is 1. The molecule has 200 valence electrons. The van der Waals surface area contributed by atoms with E-state index in [0.29, 0.717) is 67.4 Å². The Kier molecular flexibility index (Phi) is 6.97. The van der Waals surface area contributed by atoms with Crippen LogP contribution in [0.15, 0.2) is 17.2 Å². The van der Waals surface area contributed by atoms with E-state index in [9.17, 15) is 9.00 Å². The lowest BCUT2D eigenvalue weighted by molar-refractivity contribution is 0.169. The summed E-state index contributed by atoms with van der Waals surface area (Å²) in [6.45, 7) is 9.33. The molecule has 5 heterocycles. The highest BCUT2D eigenvalue weighted by molar-refractivity contribution is 7.85.